The van der Waals surface area contributed by atoms with Crippen molar-refractivity contribution in [3.63, 3.8) is 0 Å². The fourth-order valence-electron chi connectivity index (χ4n) is 22.7. The Hall–Kier alpha value is -18.3. The molecule has 3 nitrogen and oxygen atoms in total. The zero-order valence-electron chi connectivity index (χ0n) is 79.8. The van der Waals surface area contributed by atoms with Crippen LogP contribution in [-0.2, 0) is 0 Å². The number of rotatable bonds is 12. The molecule has 0 saturated heterocycles. The van der Waals surface area contributed by atoms with Gasteiger partial charge in [0, 0.05) is 112 Å². The number of nitrogens with zero attached hydrogens (tertiary/aromatic N) is 3. The maximum atomic E-state index is 5.16. The molecule has 0 aliphatic carbocycles. The van der Waals surface area contributed by atoms with Crippen molar-refractivity contribution in [3.8, 4) is 134 Å². The van der Waals surface area contributed by atoms with Crippen LogP contribution in [0, 0.1) is 0 Å². The van der Waals surface area contributed by atoms with E-state index in [1.807, 2.05) is 34.0 Å². The lowest BCUT2D eigenvalue weighted by molar-refractivity contribution is 1.33. The van der Waals surface area contributed by atoms with Crippen LogP contribution in [0.3, 0.4) is 0 Å². The average molecular weight is 1920 g/mol. The van der Waals surface area contributed by atoms with Gasteiger partial charge in [-0.15, -0.1) is 34.0 Å². The molecule has 147 heavy (non-hydrogen) atoms. The third kappa shape index (κ3) is 15.5. The van der Waals surface area contributed by atoms with Gasteiger partial charge in [0.15, 0.2) is 0 Å². The number of aromatic nitrogens is 3. The highest BCUT2D eigenvalue weighted by Crippen LogP contribution is 2.52. The first kappa shape index (κ1) is 86.6. The summed E-state index contributed by atoms with van der Waals surface area (Å²) < 4.78 is 7.84. The number of fused-ring (bicyclic) bond motifs is 18. The van der Waals surface area contributed by atoms with Crippen LogP contribution in [0.2, 0.25) is 0 Å². The van der Waals surface area contributed by atoms with Crippen molar-refractivity contribution in [1.29, 1.82) is 0 Å². The molecule has 6 aromatic heterocycles. The van der Waals surface area contributed by atoms with Crippen molar-refractivity contribution in [2.75, 3.05) is 0 Å². The van der Waals surface area contributed by atoms with E-state index >= 15 is 0 Å². The quantitative estimate of drug-likeness (QED) is 0.114. The Morgan fingerprint density at radius 1 is 0.122 bits per heavy atom. The van der Waals surface area contributed by atoms with Crippen molar-refractivity contribution in [1.82, 2.24) is 15.0 Å². The topological polar surface area (TPSA) is 38.7 Å². The molecule has 6 heteroatoms. The van der Waals surface area contributed by atoms with Crippen LogP contribution in [0.15, 0.2) is 528 Å². The molecule has 0 unspecified atom stereocenters. The van der Waals surface area contributed by atoms with Gasteiger partial charge in [0.05, 0.1) is 17.1 Å². The summed E-state index contributed by atoms with van der Waals surface area (Å²) in [7, 11) is 0. The molecule has 0 N–H and O–H groups in total. The van der Waals surface area contributed by atoms with Gasteiger partial charge in [0.25, 0.3) is 0 Å². The minimum atomic E-state index is 0.981. The smallest absolute Gasteiger partial charge is 0.0709 e. The third-order valence-electron chi connectivity index (χ3n) is 29.7. The highest BCUT2D eigenvalue weighted by molar-refractivity contribution is 7.26. The van der Waals surface area contributed by atoms with Crippen LogP contribution in [-0.4, -0.2) is 15.0 Å². The van der Waals surface area contributed by atoms with Gasteiger partial charge in [-0.25, -0.2) is 0 Å². The Labute approximate surface area is 861 Å². The largest absolute Gasteiger partial charge is 0.256 e. The van der Waals surface area contributed by atoms with E-state index in [4.69, 9.17) is 15.0 Å². The summed E-state index contributed by atoms with van der Waals surface area (Å²) in [6.45, 7) is 0. The lowest BCUT2D eigenvalue weighted by Crippen LogP contribution is -1.92. The Morgan fingerprint density at radius 2 is 0.367 bits per heavy atom. The zero-order chi connectivity index (χ0) is 96.9. The van der Waals surface area contributed by atoms with Crippen molar-refractivity contribution < 1.29 is 0 Å². The van der Waals surface area contributed by atoms with E-state index in [1.165, 1.54) is 246 Å². The molecule has 30 aromatic rings. The van der Waals surface area contributed by atoms with Gasteiger partial charge in [-0.3, -0.25) is 15.0 Å². The van der Waals surface area contributed by atoms with Gasteiger partial charge in [0.1, 0.15) is 0 Å². The lowest BCUT2D eigenvalue weighted by Gasteiger charge is -2.18. The standard InChI is InChI=1S/3C47H29NS/c1-2-11-30(12-3-1)31-21-23-32(24-22-31)45-36-15-6-8-17-38(36)46(39-18-9-7-16-37(39)45)35-25-26-42(48-29-35)40-19-10-20-43-47(40)41-27-33-13-4-5-14-34(33)28-44(41)49-43;1-2-10-30(11-3-1)31-18-20-32(21-19-31)46-37-14-6-8-16-39(37)47(40-17-9-7-15-38(40)46)36-22-24-43(48-29-36)35-23-25-44-41(27-35)42-26-33-12-4-5-13-34(33)28-45(42)49-44;1-2-10-30(11-3-1)31-18-20-32(21-19-31)46-38-14-6-8-16-40(38)47(41-17-9-7-15-39(41)46)36-23-25-43(48-29-36)35-22-24-37-42-26-33-12-4-5-13-34(33)27-45(42)49-44(37)28-35/h3*1-29H. The van der Waals surface area contributed by atoms with Crippen molar-refractivity contribution in [2.24, 2.45) is 0 Å². The van der Waals surface area contributed by atoms with E-state index < -0.39 is 0 Å². The molecule has 0 saturated carbocycles. The van der Waals surface area contributed by atoms with Gasteiger partial charge in [-0.05, 0) is 259 Å². The molecule has 0 fully saturated rings. The predicted octanol–water partition coefficient (Wildman–Crippen LogP) is 40.7. The van der Waals surface area contributed by atoms with Crippen LogP contribution in [0.4, 0.5) is 0 Å². The molecule has 0 atom stereocenters. The second kappa shape index (κ2) is 36.6. The fraction of sp³-hybridized carbons (Fsp3) is 0. The molecular formula is C141H87N3S3. The van der Waals surface area contributed by atoms with Crippen LogP contribution < -0.4 is 0 Å². The molecule has 6 heterocycles. The zero-order valence-corrected chi connectivity index (χ0v) is 82.2. The van der Waals surface area contributed by atoms with Gasteiger partial charge in [-0.1, -0.05) is 431 Å². The molecule has 30 rings (SSSR count). The SMILES string of the molecule is c1ccc(-c2ccc(-c3c4ccccc4c(-c4ccc(-c5ccc6c(c5)sc5cc7ccccc7cc56)nc4)c4ccccc34)cc2)cc1.c1ccc(-c2ccc(-c3c4ccccc4c(-c4ccc(-c5ccc6sc7cc8ccccc8cc7c6c5)nc4)c4ccccc34)cc2)cc1.c1ccc(-c2ccc(-c3c4ccccc4c(-c4ccc(-c5cccc6sc7cc8ccccc8cc7c56)nc4)c4ccccc34)cc2)cc1. The number of hydrogen-bond acceptors (Lipinski definition) is 6. The van der Waals surface area contributed by atoms with Gasteiger partial charge >= 0.3 is 0 Å². The van der Waals surface area contributed by atoms with E-state index in [0.29, 0.717) is 0 Å². The monoisotopic (exact) mass is 1920 g/mol. The molecule has 0 spiro atoms. The van der Waals surface area contributed by atoms with Gasteiger partial charge in [0.2, 0.25) is 0 Å². The number of benzene rings is 24. The van der Waals surface area contributed by atoms with Crippen LogP contribution in [0.25, 0.3) is 291 Å². The second-order valence-corrected chi connectivity index (χ2v) is 41.4. The fourth-order valence-corrected chi connectivity index (χ4v) is 26.2. The number of hydrogen-bond donors (Lipinski definition) is 0. The summed E-state index contributed by atoms with van der Waals surface area (Å²) in [6.07, 6.45) is 6.18. The minimum absolute atomic E-state index is 0.981. The van der Waals surface area contributed by atoms with E-state index in [0.717, 1.165) is 44.9 Å². The maximum absolute atomic E-state index is 5.16. The Morgan fingerprint density at radius 3 is 0.721 bits per heavy atom. The normalized spacial score (nSPS) is 11.7. The molecule has 0 aliphatic rings. The summed E-state index contributed by atoms with van der Waals surface area (Å²) in [5, 5.41) is 30.3. The van der Waals surface area contributed by atoms with E-state index in [-0.39, 0.29) is 0 Å². The minimum Gasteiger partial charge on any atom is -0.256 e. The molecule has 684 valence electrons. The third-order valence-corrected chi connectivity index (χ3v) is 33.1. The number of pyridine rings is 3. The average Bonchev–Trinajstić information content (AvgIpc) is 1.74. The highest BCUT2D eigenvalue weighted by Gasteiger charge is 2.25. The first-order valence-corrected chi connectivity index (χ1v) is 52.5. The first-order chi connectivity index (χ1) is 72.9. The van der Waals surface area contributed by atoms with Crippen molar-refractivity contribution in [2.45, 2.75) is 0 Å². The summed E-state index contributed by atoms with van der Waals surface area (Å²) in [4.78, 5) is 15.3. The lowest BCUT2D eigenvalue weighted by atomic mass is 9.86. The first-order valence-electron chi connectivity index (χ1n) is 50.1. The molecular weight excluding hydrogens is 1830 g/mol. The Kier molecular flexibility index (Phi) is 21.6. The van der Waals surface area contributed by atoms with E-state index in [9.17, 15) is 0 Å². The molecule has 0 aliphatic heterocycles. The van der Waals surface area contributed by atoms with E-state index in [1.54, 1.807) is 0 Å². The predicted molar refractivity (Wildman–Crippen MR) is 634 cm³/mol. The number of thiophene rings is 3. The molecule has 24 aromatic carbocycles. The van der Waals surface area contributed by atoms with Gasteiger partial charge in [-0.2, -0.15) is 0 Å². The molecule has 0 bridgehead atoms. The van der Waals surface area contributed by atoms with Crippen molar-refractivity contribution in [3.05, 3.63) is 528 Å². The Bertz CT molecular complexity index is 10200. The Balaban J connectivity index is 0.000000107. The summed E-state index contributed by atoms with van der Waals surface area (Å²) in [5.41, 5.74) is 28.3. The second-order valence-electron chi connectivity index (χ2n) is 38.1. The maximum Gasteiger partial charge on any atom is 0.0709 e. The van der Waals surface area contributed by atoms with Crippen molar-refractivity contribution >= 4 is 191 Å². The molecule has 0 amide bonds. The van der Waals surface area contributed by atoms with Crippen LogP contribution in [0.5, 0.6) is 0 Å². The summed E-state index contributed by atoms with van der Waals surface area (Å²) in [6, 6.07) is 185. The highest BCUT2D eigenvalue weighted by atomic mass is 32.1. The van der Waals surface area contributed by atoms with Crippen LogP contribution >= 0.6 is 34.0 Å². The van der Waals surface area contributed by atoms with Gasteiger partial charge < -0.3 is 0 Å². The summed E-state index contributed by atoms with van der Waals surface area (Å²) in [5.74, 6) is 0. The summed E-state index contributed by atoms with van der Waals surface area (Å²) >= 11 is 5.58. The van der Waals surface area contributed by atoms with E-state index in [2.05, 4.69) is 528 Å². The molecule has 0 radical (unpaired) electrons. The van der Waals surface area contributed by atoms with Crippen LogP contribution in [0.1, 0.15) is 0 Å².